The van der Waals surface area contributed by atoms with Gasteiger partial charge in [-0.05, 0) is 38.5 Å². The number of carbonyl (C=O) groups is 1. The van der Waals surface area contributed by atoms with Crippen molar-refractivity contribution in [3.63, 3.8) is 0 Å². The Morgan fingerprint density at radius 3 is 2.76 bits per heavy atom. The lowest BCUT2D eigenvalue weighted by Gasteiger charge is -2.02. The highest BCUT2D eigenvalue weighted by Gasteiger charge is 2.18. The molecule has 3 rings (SSSR count). The van der Waals surface area contributed by atoms with Gasteiger partial charge in [0, 0.05) is 6.20 Å². The van der Waals surface area contributed by atoms with E-state index in [9.17, 15) is 19.3 Å². The summed E-state index contributed by atoms with van der Waals surface area (Å²) >= 11 is 3.28. The summed E-state index contributed by atoms with van der Waals surface area (Å²) in [7, 11) is 0. The molecule has 1 aromatic carbocycles. The van der Waals surface area contributed by atoms with Crippen LogP contribution in [-0.4, -0.2) is 30.8 Å². The minimum Gasteiger partial charge on any atom is -0.358 e. The van der Waals surface area contributed by atoms with Crippen molar-refractivity contribution in [1.82, 2.24) is 20.0 Å². The number of carbonyl (C=O) groups excluding carboxylic acids is 1. The Kier molecular flexibility index (Phi) is 4.57. The van der Waals surface area contributed by atoms with Gasteiger partial charge in [0.25, 0.3) is 5.91 Å². The second kappa shape index (κ2) is 6.81. The van der Waals surface area contributed by atoms with Crippen molar-refractivity contribution >= 4 is 33.5 Å². The van der Waals surface area contributed by atoms with Crippen LogP contribution in [0.3, 0.4) is 0 Å². The first kappa shape index (κ1) is 16.8. The molecule has 0 aliphatic heterocycles. The van der Waals surface area contributed by atoms with Crippen molar-refractivity contribution in [2.45, 2.75) is 6.54 Å². The Morgan fingerprint density at radius 1 is 1.40 bits per heavy atom. The highest BCUT2D eigenvalue weighted by Crippen LogP contribution is 2.21. The lowest BCUT2D eigenvalue weighted by molar-refractivity contribution is -0.389. The molecule has 0 unspecified atom stereocenters. The number of nitro groups is 1. The Labute approximate surface area is 148 Å². The molecular weight excluding hydrogens is 399 g/mol. The van der Waals surface area contributed by atoms with Gasteiger partial charge in [0.1, 0.15) is 5.82 Å². The number of amides is 1. The number of anilines is 1. The standard InChI is InChI=1S/C14H10BrFN6O3/c15-10-7-21(6-8-1-3-9(16)4-2-8)20-13(10)17-14(23)11-5-12(19-18-11)22(24)25/h1-5,7H,6H2,(H,18,19)(H,17,20,23). The molecule has 0 saturated carbocycles. The van der Waals surface area contributed by atoms with E-state index in [1.165, 1.54) is 12.1 Å². The number of rotatable bonds is 5. The van der Waals surface area contributed by atoms with Crippen LogP contribution >= 0.6 is 15.9 Å². The largest absolute Gasteiger partial charge is 0.358 e. The number of hydrogen-bond donors (Lipinski definition) is 2. The van der Waals surface area contributed by atoms with Crippen LogP contribution in [0, 0.1) is 15.9 Å². The fraction of sp³-hybridized carbons (Fsp3) is 0.0714. The van der Waals surface area contributed by atoms with E-state index in [0.29, 0.717) is 11.0 Å². The number of nitrogens with one attached hydrogen (secondary N) is 2. The first-order valence-electron chi connectivity index (χ1n) is 6.91. The predicted molar refractivity (Wildman–Crippen MR) is 88.6 cm³/mol. The molecule has 2 N–H and O–H groups in total. The van der Waals surface area contributed by atoms with Gasteiger partial charge in [0.2, 0.25) is 0 Å². The Bertz CT molecular complexity index is 936. The van der Waals surface area contributed by atoms with E-state index in [1.54, 1.807) is 23.0 Å². The van der Waals surface area contributed by atoms with E-state index in [1.807, 2.05) is 0 Å². The van der Waals surface area contributed by atoms with Crippen molar-refractivity contribution in [1.29, 1.82) is 0 Å². The average molecular weight is 409 g/mol. The van der Waals surface area contributed by atoms with Gasteiger partial charge >= 0.3 is 5.82 Å². The maximum absolute atomic E-state index is 12.9. The van der Waals surface area contributed by atoms with Gasteiger partial charge in [-0.1, -0.05) is 17.2 Å². The highest BCUT2D eigenvalue weighted by molar-refractivity contribution is 9.10. The number of aromatic amines is 1. The van der Waals surface area contributed by atoms with Crippen LogP contribution in [0.15, 0.2) is 41.0 Å². The van der Waals surface area contributed by atoms with Crippen molar-refractivity contribution in [3.05, 3.63) is 68.2 Å². The molecule has 0 aliphatic rings. The number of aromatic nitrogens is 4. The molecule has 2 aromatic heterocycles. The molecule has 1 amide bonds. The SMILES string of the molecule is O=C(Nc1nn(Cc2ccc(F)cc2)cc1Br)c1cc([N+](=O)[O-])[nH]n1. The number of hydrogen-bond acceptors (Lipinski definition) is 5. The third kappa shape index (κ3) is 3.88. The van der Waals surface area contributed by atoms with Crippen LogP contribution in [-0.2, 0) is 6.54 Å². The minimum atomic E-state index is -0.683. The van der Waals surface area contributed by atoms with Crippen molar-refractivity contribution in [2.24, 2.45) is 0 Å². The minimum absolute atomic E-state index is 0.133. The van der Waals surface area contributed by atoms with Crippen LogP contribution in [0.5, 0.6) is 0 Å². The van der Waals surface area contributed by atoms with E-state index < -0.39 is 10.8 Å². The van der Waals surface area contributed by atoms with Crippen molar-refractivity contribution in [3.8, 4) is 0 Å². The van der Waals surface area contributed by atoms with Gasteiger partial charge in [0.15, 0.2) is 11.5 Å². The summed E-state index contributed by atoms with van der Waals surface area (Å²) in [6.07, 6.45) is 1.64. The zero-order valence-corrected chi connectivity index (χ0v) is 14.0. The van der Waals surface area contributed by atoms with E-state index in [0.717, 1.165) is 11.6 Å². The van der Waals surface area contributed by atoms with Gasteiger partial charge < -0.3 is 15.4 Å². The average Bonchev–Trinajstić information content (AvgIpc) is 3.17. The van der Waals surface area contributed by atoms with Crippen LogP contribution in [0.1, 0.15) is 16.1 Å². The van der Waals surface area contributed by atoms with E-state index >= 15 is 0 Å². The second-order valence-electron chi connectivity index (χ2n) is 5.00. The summed E-state index contributed by atoms with van der Waals surface area (Å²) in [6.45, 7) is 0.378. The monoisotopic (exact) mass is 408 g/mol. The first-order chi connectivity index (χ1) is 11.9. The zero-order chi connectivity index (χ0) is 18.0. The molecule has 0 spiro atoms. The molecule has 25 heavy (non-hydrogen) atoms. The van der Waals surface area contributed by atoms with Crippen molar-refractivity contribution in [2.75, 3.05) is 5.32 Å². The predicted octanol–water partition coefficient (Wildman–Crippen LogP) is 2.72. The number of nitrogens with zero attached hydrogens (tertiary/aromatic N) is 4. The van der Waals surface area contributed by atoms with E-state index in [4.69, 9.17) is 0 Å². The Morgan fingerprint density at radius 2 is 2.12 bits per heavy atom. The second-order valence-corrected chi connectivity index (χ2v) is 5.85. The fourth-order valence-corrected chi connectivity index (χ4v) is 2.45. The topological polar surface area (TPSA) is 119 Å². The van der Waals surface area contributed by atoms with Gasteiger partial charge in [-0.15, -0.1) is 5.10 Å². The van der Waals surface area contributed by atoms with E-state index in [2.05, 4.69) is 36.5 Å². The molecular formula is C14H10BrFN6O3. The first-order valence-corrected chi connectivity index (χ1v) is 7.70. The normalized spacial score (nSPS) is 10.6. The van der Waals surface area contributed by atoms with Gasteiger partial charge in [0.05, 0.1) is 17.1 Å². The summed E-state index contributed by atoms with van der Waals surface area (Å²) in [4.78, 5) is 22.0. The molecule has 0 aliphatic carbocycles. The maximum atomic E-state index is 12.9. The number of halogens is 2. The molecule has 2 heterocycles. The molecule has 0 saturated heterocycles. The lowest BCUT2D eigenvalue weighted by Crippen LogP contribution is -2.13. The molecule has 0 atom stereocenters. The molecule has 11 heteroatoms. The van der Waals surface area contributed by atoms with E-state index in [-0.39, 0.29) is 23.1 Å². The van der Waals surface area contributed by atoms with Gasteiger partial charge in [-0.25, -0.2) is 4.39 Å². The fourth-order valence-electron chi connectivity index (χ4n) is 2.03. The molecule has 3 aromatic rings. The van der Waals surface area contributed by atoms with Crippen LogP contribution in [0.2, 0.25) is 0 Å². The van der Waals surface area contributed by atoms with Crippen LogP contribution in [0.4, 0.5) is 16.0 Å². The van der Waals surface area contributed by atoms with Gasteiger partial charge in [-0.3, -0.25) is 9.48 Å². The summed E-state index contributed by atoms with van der Waals surface area (Å²) < 4.78 is 15.0. The van der Waals surface area contributed by atoms with Crippen LogP contribution in [0.25, 0.3) is 0 Å². The summed E-state index contributed by atoms with van der Waals surface area (Å²) in [5.74, 6) is -1.12. The van der Waals surface area contributed by atoms with Crippen LogP contribution < -0.4 is 5.32 Å². The Balaban J connectivity index is 1.72. The van der Waals surface area contributed by atoms with Gasteiger partial charge in [-0.2, -0.15) is 5.10 Å². The maximum Gasteiger partial charge on any atom is 0.343 e. The molecule has 0 radical (unpaired) electrons. The molecule has 9 nitrogen and oxygen atoms in total. The summed E-state index contributed by atoms with van der Waals surface area (Å²) in [5, 5.41) is 23.1. The smallest absolute Gasteiger partial charge is 0.343 e. The number of benzene rings is 1. The van der Waals surface area contributed by atoms with Crippen molar-refractivity contribution < 1.29 is 14.1 Å². The third-order valence-corrected chi connectivity index (χ3v) is 3.78. The molecule has 0 fully saturated rings. The number of H-pyrrole nitrogens is 1. The summed E-state index contributed by atoms with van der Waals surface area (Å²) in [6, 6.07) is 6.99. The highest BCUT2D eigenvalue weighted by atomic mass is 79.9. The lowest BCUT2D eigenvalue weighted by atomic mass is 10.2. The molecule has 0 bridgehead atoms. The quantitative estimate of drug-likeness (QED) is 0.496. The zero-order valence-electron chi connectivity index (χ0n) is 12.4. The molecule has 128 valence electrons. The Hall–Kier alpha value is -3.08. The summed E-state index contributed by atoms with van der Waals surface area (Å²) in [5.41, 5.74) is 0.698. The third-order valence-electron chi connectivity index (χ3n) is 3.20.